The van der Waals surface area contributed by atoms with E-state index >= 15 is 0 Å². The fourth-order valence-corrected chi connectivity index (χ4v) is 3.40. The molecule has 1 saturated carbocycles. The topological polar surface area (TPSA) is 34.4 Å². The van der Waals surface area contributed by atoms with E-state index < -0.39 is 0 Å². The van der Waals surface area contributed by atoms with Crippen molar-refractivity contribution in [2.45, 2.75) is 65.0 Å². The summed E-state index contributed by atoms with van der Waals surface area (Å²) in [5.41, 5.74) is 1.55. The molecule has 1 N–H and O–H groups in total. The first-order valence-electron chi connectivity index (χ1n) is 7.92. The minimum Gasteiger partial charge on any atom is -0.472 e. The molecule has 1 aromatic rings. The zero-order valence-corrected chi connectivity index (χ0v) is 13.4. The number of rotatable bonds is 6. The van der Waals surface area contributed by atoms with Gasteiger partial charge in [0.05, 0.1) is 24.2 Å². The molecule has 0 aliphatic heterocycles. The molecule has 1 aliphatic carbocycles. The summed E-state index contributed by atoms with van der Waals surface area (Å²) in [7, 11) is 0. The number of hydrogen-bond donors (Lipinski definition) is 1. The van der Waals surface area contributed by atoms with Crippen molar-refractivity contribution >= 4 is 0 Å². The van der Waals surface area contributed by atoms with Gasteiger partial charge in [0.15, 0.2) is 0 Å². The first kappa shape index (κ1) is 15.6. The Morgan fingerprint density at radius 2 is 1.95 bits per heavy atom. The lowest BCUT2D eigenvalue weighted by Gasteiger charge is -2.47. The highest BCUT2D eigenvalue weighted by Crippen LogP contribution is 2.47. The maximum Gasteiger partial charge on any atom is 0.0951 e. The van der Waals surface area contributed by atoms with Crippen molar-refractivity contribution in [2.75, 3.05) is 13.2 Å². The van der Waals surface area contributed by atoms with Crippen molar-refractivity contribution < 1.29 is 9.15 Å². The number of nitrogens with one attached hydrogen (secondary N) is 1. The molecule has 0 spiro atoms. The Bertz CT molecular complexity index is 387. The highest BCUT2D eigenvalue weighted by Gasteiger charge is 2.45. The summed E-state index contributed by atoms with van der Waals surface area (Å²) in [6.07, 6.45) is 8.26. The van der Waals surface area contributed by atoms with E-state index in [0.717, 1.165) is 26.0 Å². The molecule has 1 atom stereocenters. The summed E-state index contributed by atoms with van der Waals surface area (Å²) < 4.78 is 11.6. The van der Waals surface area contributed by atoms with Crippen LogP contribution < -0.4 is 5.32 Å². The van der Waals surface area contributed by atoms with Crippen LogP contribution in [0.1, 0.15) is 65.0 Å². The van der Waals surface area contributed by atoms with E-state index in [1.54, 1.807) is 6.26 Å². The molecule has 0 aromatic carbocycles. The lowest BCUT2D eigenvalue weighted by atomic mass is 9.67. The van der Waals surface area contributed by atoms with Gasteiger partial charge in [-0.15, -0.1) is 0 Å². The Hall–Kier alpha value is -0.800. The molecule has 2 rings (SSSR count). The van der Waals surface area contributed by atoms with Crippen molar-refractivity contribution in [3.8, 4) is 0 Å². The van der Waals surface area contributed by atoms with Gasteiger partial charge in [-0.05, 0) is 50.6 Å². The van der Waals surface area contributed by atoms with Crippen LogP contribution in [-0.2, 0) is 4.74 Å². The molecule has 1 aliphatic rings. The molecule has 114 valence electrons. The van der Waals surface area contributed by atoms with Gasteiger partial charge in [0.2, 0.25) is 0 Å². The maximum atomic E-state index is 6.30. The molecular formula is C17H29NO2. The fraction of sp³-hybridized carbons (Fsp3) is 0.765. The molecule has 3 nitrogen and oxygen atoms in total. The van der Waals surface area contributed by atoms with Gasteiger partial charge in [0.25, 0.3) is 0 Å². The zero-order valence-electron chi connectivity index (χ0n) is 13.4. The highest BCUT2D eigenvalue weighted by atomic mass is 16.5. The van der Waals surface area contributed by atoms with Crippen LogP contribution in [0.15, 0.2) is 23.0 Å². The minimum atomic E-state index is -0.0931. The van der Waals surface area contributed by atoms with Crippen molar-refractivity contribution in [3.63, 3.8) is 0 Å². The van der Waals surface area contributed by atoms with Crippen LogP contribution in [0.3, 0.4) is 0 Å². The van der Waals surface area contributed by atoms with Crippen LogP contribution in [0, 0.1) is 5.41 Å². The van der Waals surface area contributed by atoms with Gasteiger partial charge >= 0.3 is 0 Å². The predicted molar refractivity (Wildman–Crippen MR) is 81.7 cm³/mol. The second-order valence-corrected chi connectivity index (χ2v) is 6.71. The predicted octanol–water partition coefficient (Wildman–Crippen LogP) is 4.31. The van der Waals surface area contributed by atoms with Gasteiger partial charge < -0.3 is 14.5 Å². The third-order valence-electron chi connectivity index (χ3n) is 4.69. The smallest absolute Gasteiger partial charge is 0.0951 e. The average Bonchev–Trinajstić information content (AvgIpc) is 2.93. The van der Waals surface area contributed by atoms with Gasteiger partial charge in [0.1, 0.15) is 0 Å². The summed E-state index contributed by atoms with van der Waals surface area (Å²) >= 11 is 0. The SMILES string of the molecule is CCNC(c1ccoc1)C1(OCC)CCC(C)(C)CC1. The van der Waals surface area contributed by atoms with Crippen LogP contribution >= 0.6 is 0 Å². The number of hydrogen-bond acceptors (Lipinski definition) is 3. The Kier molecular flexibility index (Phi) is 4.92. The summed E-state index contributed by atoms with van der Waals surface area (Å²) in [6, 6.07) is 2.29. The Balaban J connectivity index is 2.25. The van der Waals surface area contributed by atoms with E-state index in [9.17, 15) is 0 Å². The van der Waals surface area contributed by atoms with Gasteiger partial charge in [0, 0.05) is 12.2 Å². The van der Waals surface area contributed by atoms with Gasteiger partial charge in [-0.2, -0.15) is 0 Å². The summed E-state index contributed by atoms with van der Waals surface area (Å²) in [5, 5.41) is 3.62. The first-order valence-corrected chi connectivity index (χ1v) is 7.92. The summed E-state index contributed by atoms with van der Waals surface area (Å²) in [4.78, 5) is 0. The third kappa shape index (κ3) is 3.26. The number of likely N-dealkylation sites (N-methyl/N-ethyl adjacent to an activating group) is 1. The van der Waals surface area contributed by atoms with E-state index in [1.807, 2.05) is 6.26 Å². The van der Waals surface area contributed by atoms with E-state index in [0.29, 0.717) is 5.41 Å². The summed E-state index contributed by atoms with van der Waals surface area (Å²) in [5.74, 6) is 0. The first-order chi connectivity index (χ1) is 9.53. The Labute approximate surface area is 123 Å². The van der Waals surface area contributed by atoms with Crippen molar-refractivity contribution in [3.05, 3.63) is 24.2 Å². The third-order valence-corrected chi connectivity index (χ3v) is 4.69. The van der Waals surface area contributed by atoms with Gasteiger partial charge in [-0.3, -0.25) is 0 Å². The average molecular weight is 279 g/mol. The summed E-state index contributed by atoms with van der Waals surface area (Å²) in [6.45, 7) is 10.7. The second-order valence-electron chi connectivity index (χ2n) is 6.71. The largest absolute Gasteiger partial charge is 0.472 e. The molecule has 1 unspecified atom stereocenters. The highest BCUT2D eigenvalue weighted by molar-refractivity contribution is 5.18. The van der Waals surface area contributed by atoms with Crippen LogP contribution in [0.25, 0.3) is 0 Å². The Morgan fingerprint density at radius 1 is 1.25 bits per heavy atom. The van der Waals surface area contributed by atoms with Gasteiger partial charge in [-0.1, -0.05) is 20.8 Å². The lowest BCUT2D eigenvalue weighted by molar-refractivity contribution is -0.107. The normalized spacial score (nSPS) is 22.6. The monoisotopic (exact) mass is 279 g/mol. The fourth-order valence-electron chi connectivity index (χ4n) is 3.40. The van der Waals surface area contributed by atoms with Gasteiger partial charge in [-0.25, -0.2) is 0 Å². The molecule has 0 bridgehead atoms. The quantitative estimate of drug-likeness (QED) is 0.842. The molecule has 3 heteroatoms. The molecule has 0 saturated heterocycles. The van der Waals surface area contributed by atoms with Crippen LogP contribution in [0.2, 0.25) is 0 Å². The van der Waals surface area contributed by atoms with E-state index in [4.69, 9.17) is 9.15 Å². The standard InChI is InChI=1S/C17H29NO2/c1-5-18-15(14-7-12-19-13-14)17(20-6-2)10-8-16(3,4)9-11-17/h7,12-13,15,18H,5-6,8-11H2,1-4H3. The second kappa shape index (κ2) is 6.31. The van der Waals surface area contributed by atoms with E-state index in [2.05, 4.69) is 39.1 Å². The zero-order chi connectivity index (χ0) is 14.6. The molecule has 1 fully saturated rings. The molecule has 20 heavy (non-hydrogen) atoms. The molecule has 0 amide bonds. The molecule has 1 aromatic heterocycles. The van der Waals surface area contributed by atoms with Crippen LogP contribution in [0.5, 0.6) is 0 Å². The maximum absolute atomic E-state index is 6.30. The molecular weight excluding hydrogens is 250 g/mol. The number of ether oxygens (including phenoxy) is 1. The van der Waals surface area contributed by atoms with Crippen molar-refractivity contribution in [1.82, 2.24) is 5.32 Å². The van der Waals surface area contributed by atoms with E-state index in [-0.39, 0.29) is 11.6 Å². The van der Waals surface area contributed by atoms with Crippen LogP contribution in [-0.4, -0.2) is 18.8 Å². The van der Waals surface area contributed by atoms with Crippen molar-refractivity contribution in [1.29, 1.82) is 0 Å². The Morgan fingerprint density at radius 3 is 2.45 bits per heavy atom. The van der Waals surface area contributed by atoms with Crippen molar-refractivity contribution in [2.24, 2.45) is 5.41 Å². The number of furan rings is 1. The lowest BCUT2D eigenvalue weighted by Crippen LogP contribution is -2.49. The minimum absolute atomic E-state index is 0.0931. The molecule has 1 heterocycles. The van der Waals surface area contributed by atoms with E-state index in [1.165, 1.54) is 18.4 Å². The van der Waals surface area contributed by atoms with Crippen LogP contribution in [0.4, 0.5) is 0 Å². The molecule has 0 radical (unpaired) electrons.